The number of imidazole rings is 1. The second-order valence-electron chi connectivity index (χ2n) is 9.08. The number of aliphatic hydroxyl groups excluding tert-OH is 1. The first kappa shape index (κ1) is 23.5. The molecular formula is C27H28N3O6+. The van der Waals surface area contributed by atoms with E-state index in [0.717, 1.165) is 11.3 Å². The number of hydrogen-bond acceptors (Lipinski definition) is 6. The van der Waals surface area contributed by atoms with Gasteiger partial charge in [0.15, 0.2) is 11.5 Å². The number of ether oxygens (including phenoxy) is 2. The molecule has 2 aliphatic rings. The zero-order valence-corrected chi connectivity index (χ0v) is 20.1. The number of rotatable bonds is 7. The Morgan fingerprint density at radius 3 is 2.83 bits per heavy atom. The summed E-state index contributed by atoms with van der Waals surface area (Å²) in [6.45, 7) is 2.90. The van der Waals surface area contributed by atoms with Crippen molar-refractivity contribution in [1.29, 1.82) is 0 Å². The molecule has 2 aromatic carbocycles. The first-order valence-corrected chi connectivity index (χ1v) is 11.8. The predicted octanol–water partition coefficient (Wildman–Crippen LogP) is 2.85. The van der Waals surface area contributed by atoms with Crippen molar-refractivity contribution in [2.24, 2.45) is 0 Å². The highest BCUT2D eigenvalue weighted by molar-refractivity contribution is 6.46. The number of phenolic OH excluding ortho intramolecular Hbond substituents is 1. The number of benzene rings is 2. The Morgan fingerprint density at radius 2 is 2.08 bits per heavy atom. The Kier molecular flexibility index (Phi) is 6.13. The third kappa shape index (κ3) is 4.17. The smallest absolute Gasteiger partial charge is 0.295 e. The number of aromatic amines is 1. The molecule has 3 aromatic rings. The van der Waals surface area contributed by atoms with Gasteiger partial charge >= 0.3 is 0 Å². The standard InChI is InChI=1S/C27H27N3O6/c1-16-12-19-13-18(5-7-21(19)36-16)25(32)23-24(17-4-6-20(31)22(14-17)35-2)30(27(34)26(23)33)10-3-9-29-11-8-28-15-29/h4-8,11,13-16,24H,3,9-10,12H2,1-2H3,(H2,31,32,33)/p+1. The Morgan fingerprint density at radius 1 is 1.25 bits per heavy atom. The lowest BCUT2D eigenvalue weighted by atomic mass is 9.94. The number of aliphatic hydroxyl groups is 1. The minimum atomic E-state index is -0.834. The molecule has 2 unspecified atom stereocenters. The van der Waals surface area contributed by atoms with Crippen LogP contribution in [0.3, 0.4) is 0 Å². The van der Waals surface area contributed by atoms with Gasteiger partial charge in [-0.2, -0.15) is 0 Å². The van der Waals surface area contributed by atoms with Gasteiger partial charge in [-0.15, -0.1) is 0 Å². The van der Waals surface area contributed by atoms with Gasteiger partial charge in [-0.1, -0.05) is 6.07 Å². The molecule has 0 saturated carbocycles. The number of ketones is 1. The summed E-state index contributed by atoms with van der Waals surface area (Å²) in [5, 5.41) is 21.5. The van der Waals surface area contributed by atoms with Crippen LogP contribution >= 0.6 is 0 Å². The minimum Gasteiger partial charge on any atom is -0.507 e. The van der Waals surface area contributed by atoms with E-state index in [-0.39, 0.29) is 28.9 Å². The molecule has 186 valence electrons. The van der Waals surface area contributed by atoms with E-state index in [4.69, 9.17) is 9.47 Å². The van der Waals surface area contributed by atoms with Crippen LogP contribution < -0.4 is 14.0 Å². The van der Waals surface area contributed by atoms with Crippen LogP contribution in [0.2, 0.25) is 0 Å². The van der Waals surface area contributed by atoms with E-state index in [2.05, 4.69) is 4.98 Å². The highest BCUT2D eigenvalue weighted by Gasteiger charge is 2.46. The average Bonchev–Trinajstić information content (AvgIpc) is 3.58. The van der Waals surface area contributed by atoms with Gasteiger partial charge in [0.25, 0.3) is 11.7 Å². The van der Waals surface area contributed by atoms with Crippen LogP contribution in [0.5, 0.6) is 17.2 Å². The molecule has 1 saturated heterocycles. The van der Waals surface area contributed by atoms with Crippen molar-refractivity contribution in [2.75, 3.05) is 13.7 Å². The Labute approximate surface area is 208 Å². The van der Waals surface area contributed by atoms with Gasteiger partial charge in [0.05, 0.1) is 25.3 Å². The highest BCUT2D eigenvalue weighted by Crippen LogP contribution is 2.42. The van der Waals surface area contributed by atoms with Crippen LogP contribution in [0.4, 0.5) is 0 Å². The maximum Gasteiger partial charge on any atom is 0.295 e. The molecule has 2 atom stereocenters. The number of aromatic nitrogens is 2. The summed E-state index contributed by atoms with van der Waals surface area (Å²) < 4.78 is 13.0. The topological polar surface area (TPSA) is 116 Å². The zero-order valence-electron chi connectivity index (χ0n) is 20.1. The van der Waals surface area contributed by atoms with Crippen LogP contribution in [0.1, 0.15) is 36.1 Å². The summed E-state index contributed by atoms with van der Waals surface area (Å²) in [5.74, 6) is -0.758. The molecule has 1 fully saturated rings. The summed E-state index contributed by atoms with van der Waals surface area (Å²) >= 11 is 0. The molecule has 0 aliphatic carbocycles. The van der Waals surface area contributed by atoms with E-state index in [9.17, 15) is 19.8 Å². The number of nitrogens with zero attached hydrogens (tertiary/aromatic N) is 2. The molecule has 2 aliphatic heterocycles. The minimum absolute atomic E-state index is 0.00829. The fourth-order valence-corrected chi connectivity index (χ4v) is 4.93. The monoisotopic (exact) mass is 490 g/mol. The molecule has 1 aromatic heterocycles. The second-order valence-corrected chi connectivity index (χ2v) is 9.08. The Hall–Kier alpha value is -4.27. The van der Waals surface area contributed by atoms with Crippen LogP contribution in [-0.4, -0.2) is 51.5 Å². The van der Waals surface area contributed by atoms with E-state index in [0.29, 0.717) is 37.1 Å². The number of Topliss-reactive ketones (excluding diaryl/α,β-unsaturated/α-hetero) is 1. The zero-order chi connectivity index (χ0) is 25.4. The number of nitrogens with one attached hydrogen (secondary N) is 1. The van der Waals surface area contributed by atoms with Crippen molar-refractivity contribution in [3.63, 3.8) is 0 Å². The normalized spacial score (nSPS) is 20.4. The molecule has 5 rings (SSSR count). The SMILES string of the molecule is COc1cc(C2/C(=C(\O)c3ccc4c(c3)CC(C)O4)C(=O)C(=O)N2CCC[n+]2cc[nH]c2)ccc1O. The van der Waals surface area contributed by atoms with Crippen LogP contribution in [0.15, 0.2) is 60.7 Å². The Bertz CT molecular complexity index is 1350. The summed E-state index contributed by atoms with van der Waals surface area (Å²) in [6.07, 6.45) is 6.82. The largest absolute Gasteiger partial charge is 0.507 e. The summed E-state index contributed by atoms with van der Waals surface area (Å²) in [6, 6.07) is 9.11. The second kappa shape index (κ2) is 9.41. The number of phenols is 1. The number of aromatic hydroxyl groups is 1. The first-order chi connectivity index (χ1) is 17.4. The van der Waals surface area contributed by atoms with Crippen molar-refractivity contribution in [3.05, 3.63) is 77.4 Å². The third-order valence-corrected chi connectivity index (χ3v) is 6.65. The summed E-state index contributed by atoms with van der Waals surface area (Å²) in [4.78, 5) is 30.9. The number of H-pyrrole nitrogens is 1. The van der Waals surface area contributed by atoms with E-state index in [1.54, 1.807) is 36.5 Å². The van der Waals surface area contributed by atoms with E-state index in [1.165, 1.54) is 18.1 Å². The van der Waals surface area contributed by atoms with Crippen molar-refractivity contribution >= 4 is 17.4 Å². The summed E-state index contributed by atoms with van der Waals surface area (Å²) in [5.41, 5.74) is 1.95. The van der Waals surface area contributed by atoms with Gasteiger partial charge in [0, 0.05) is 24.9 Å². The van der Waals surface area contributed by atoms with Gasteiger partial charge in [-0.05, 0) is 48.4 Å². The lowest BCUT2D eigenvalue weighted by molar-refractivity contribution is -0.695. The number of aryl methyl sites for hydroxylation is 1. The quantitative estimate of drug-likeness (QED) is 0.203. The molecule has 3 N–H and O–H groups in total. The van der Waals surface area contributed by atoms with Gasteiger partial charge in [-0.25, -0.2) is 4.57 Å². The van der Waals surface area contributed by atoms with E-state index in [1.807, 2.05) is 24.0 Å². The number of carbonyl (C=O) groups is 2. The van der Waals surface area contributed by atoms with Gasteiger partial charge < -0.3 is 24.6 Å². The van der Waals surface area contributed by atoms with Gasteiger partial charge in [0.2, 0.25) is 6.33 Å². The molecule has 0 radical (unpaired) electrons. The lowest BCUT2D eigenvalue weighted by Gasteiger charge is -2.25. The molecule has 9 heteroatoms. The lowest BCUT2D eigenvalue weighted by Crippen LogP contribution is -2.36. The molecule has 36 heavy (non-hydrogen) atoms. The third-order valence-electron chi connectivity index (χ3n) is 6.65. The first-order valence-electron chi connectivity index (χ1n) is 11.8. The maximum atomic E-state index is 13.3. The number of carbonyl (C=O) groups excluding carboxylic acids is 2. The number of fused-ring (bicyclic) bond motifs is 1. The van der Waals surface area contributed by atoms with Crippen molar-refractivity contribution in [1.82, 2.24) is 9.88 Å². The molecular weight excluding hydrogens is 462 g/mol. The fourth-order valence-electron chi connectivity index (χ4n) is 4.93. The highest BCUT2D eigenvalue weighted by atomic mass is 16.5. The number of likely N-dealkylation sites (tertiary alicyclic amines) is 1. The summed E-state index contributed by atoms with van der Waals surface area (Å²) in [7, 11) is 1.43. The fraction of sp³-hybridized carbons (Fsp3) is 0.296. The van der Waals surface area contributed by atoms with Gasteiger partial charge in [-0.3, -0.25) is 14.6 Å². The molecule has 3 heterocycles. The molecule has 1 amide bonds. The number of amides is 1. The maximum absolute atomic E-state index is 13.3. The van der Waals surface area contributed by atoms with E-state index < -0.39 is 17.7 Å². The van der Waals surface area contributed by atoms with Crippen LogP contribution in [0.25, 0.3) is 5.76 Å². The predicted molar refractivity (Wildman–Crippen MR) is 130 cm³/mol. The number of hydrogen-bond donors (Lipinski definition) is 3. The van der Waals surface area contributed by atoms with Crippen molar-refractivity contribution < 1.29 is 33.8 Å². The van der Waals surface area contributed by atoms with Gasteiger partial charge in [0.1, 0.15) is 30.0 Å². The molecule has 0 spiro atoms. The average molecular weight is 491 g/mol. The van der Waals surface area contributed by atoms with Crippen LogP contribution in [-0.2, 0) is 22.6 Å². The van der Waals surface area contributed by atoms with E-state index >= 15 is 0 Å². The number of methoxy groups -OCH3 is 1. The Balaban J connectivity index is 1.56. The van der Waals surface area contributed by atoms with Crippen molar-refractivity contribution in [2.45, 2.75) is 38.5 Å². The molecule has 0 bridgehead atoms. The van der Waals surface area contributed by atoms with Crippen LogP contribution in [0, 0.1) is 0 Å². The molecule has 9 nitrogen and oxygen atoms in total. The van der Waals surface area contributed by atoms with Crippen molar-refractivity contribution in [3.8, 4) is 17.2 Å².